The minimum Gasteiger partial charge on any atom is -0.208 e. The maximum absolute atomic E-state index is 12.4. The third-order valence-electron chi connectivity index (χ3n) is 3.41. The second-order valence-corrected chi connectivity index (χ2v) is 8.45. The molecule has 3 nitrogen and oxygen atoms in total. The zero-order chi connectivity index (χ0) is 13.9. The summed E-state index contributed by atoms with van der Waals surface area (Å²) in [4.78, 5) is 0.321. The van der Waals surface area contributed by atoms with Crippen molar-refractivity contribution in [3.05, 3.63) is 28.7 Å². The van der Waals surface area contributed by atoms with Gasteiger partial charge in [-0.2, -0.15) is 11.8 Å². The van der Waals surface area contributed by atoms with Crippen molar-refractivity contribution >= 4 is 37.7 Å². The number of sulfonamides is 1. The molecule has 0 amide bonds. The molecule has 0 aliphatic heterocycles. The molecule has 0 bridgehead atoms. The lowest BCUT2D eigenvalue weighted by Crippen LogP contribution is -2.39. The highest BCUT2D eigenvalue weighted by Gasteiger charge is 2.26. The Hall–Kier alpha value is -0.0400. The van der Waals surface area contributed by atoms with Gasteiger partial charge in [-0.3, -0.25) is 0 Å². The summed E-state index contributed by atoms with van der Waals surface area (Å²) in [5.41, 5.74) is 0. The fourth-order valence-corrected chi connectivity index (χ4v) is 5.53. The third-order valence-corrected chi connectivity index (χ3v) is 7.03. The first-order valence-corrected chi connectivity index (χ1v) is 9.89. The van der Waals surface area contributed by atoms with Gasteiger partial charge in [0.05, 0.1) is 4.90 Å². The standard InChI is InChI=1S/C13H18BrNO2S2/c1-18-11-6-4-5-10(9-11)15-19(16,17)13-8-3-2-7-12(13)14/h2-3,7-8,10-11,15H,4-6,9H2,1H3. The van der Waals surface area contributed by atoms with Gasteiger partial charge in [0.2, 0.25) is 10.0 Å². The summed E-state index contributed by atoms with van der Waals surface area (Å²) >= 11 is 5.13. The summed E-state index contributed by atoms with van der Waals surface area (Å²) in [7, 11) is -3.43. The first-order chi connectivity index (χ1) is 9.03. The van der Waals surface area contributed by atoms with Crippen molar-refractivity contribution in [3.63, 3.8) is 0 Å². The number of halogens is 1. The van der Waals surface area contributed by atoms with Gasteiger partial charge in [-0.1, -0.05) is 18.6 Å². The van der Waals surface area contributed by atoms with Crippen LogP contribution < -0.4 is 4.72 Å². The van der Waals surface area contributed by atoms with Crippen molar-refractivity contribution in [2.75, 3.05) is 6.26 Å². The predicted octanol–water partition coefficient (Wildman–Crippen LogP) is 3.40. The summed E-state index contributed by atoms with van der Waals surface area (Å²) in [6.45, 7) is 0. The van der Waals surface area contributed by atoms with Gasteiger partial charge < -0.3 is 0 Å². The molecule has 19 heavy (non-hydrogen) atoms. The van der Waals surface area contributed by atoms with Crippen LogP contribution in [0.25, 0.3) is 0 Å². The molecule has 2 atom stereocenters. The van der Waals surface area contributed by atoms with Crippen molar-refractivity contribution in [2.24, 2.45) is 0 Å². The Morgan fingerprint density at radius 2 is 2.05 bits per heavy atom. The Balaban J connectivity index is 2.11. The Labute approximate surface area is 127 Å². The number of benzene rings is 1. The highest BCUT2D eigenvalue weighted by Crippen LogP contribution is 2.28. The quantitative estimate of drug-likeness (QED) is 0.891. The molecule has 0 radical (unpaired) electrons. The topological polar surface area (TPSA) is 46.2 Å². The van der Waals surface area contributed by atoms with Gasteiger partial charge in [0.1, 0.15) is 0 Å². The molecule has 1 aliphatic carbocycles. The molecule has 0 saturated heterocycles. The molecule has 0 aromatic heterocycles. The van der Waals surface area contributed by atoms with Gasteiger partial charge in [0.15, 0.2) is 0 Å². The minimum atomic E-state index is -3.43. The first kappa shape index (κ1) is 15.4. The van der Waals surface area contributed by atoms with Crippen molar-refractivity contribution in [3.8, 4) is 0 Å². The van der Waals surface area contributed by atoms with E-state index in [1.54, 1.807) is 18.2 Å². The fraction of sp³-hybridized carbons (Fsp3) is 0.538. The molecule has 1 saturated carbocycles. The molecule has 1 aliphatic rings. The van der Waals surface area contributed by atoms with E-state index < -0.39 is 10.0 Å². The maximum atomic E-state index is 12.4. The van der Waals surface area contributed by atoms with Crippen molar-refractivity contribution in [1.29, 1.82) is 0 Å². The fourth-order valence-electron chi connectivity index (χ4n) is 2.41. The van der Waals surface area contributed by atoms with Crippen LogP contribution in [0.3, 0.4) is 0 Å². The minimum absolute atomic E-state index is 0.0586. The van der Waals surface area contributed by atoms with Gasteiger partial charge in [-0.05, 0) is 53.6 Å². The third kappa shape index (κ3) is 3.97. The van der Waals surface area contributed by atoms with E-state index in [-0.39, 0.29) is 6.04 Å². The predicted molar refractivity (Wildman–Crippen MR) is 84.0 cm³/mol. The van der Waals surface area contributed by atoms with Crippen LogP contribution in [0.4, 0.5) is 0 Å². The average molecular weight is 364 g/mol. The second kappa shape index (κ2) is 6.61. The first-order valence-electron chi connectivity index (χ1n) is 6.32. The normalized spacial score (nSPS) is 24.3. The van der Waals surface area contributed by atoms with E-state index in [4.69, 9.17) is 0 Å². The number of thioether (sulfide) groups is 1. The van der Waals surface area contributed by atoms with Crippen LogP contribution in [0.15, 0.2) is 33.6 Å². The molecule has 1 aromatic rings. The molecular weight excluding hydrogens is 346 g/mol. The zero-order valence-electron chi connectivity index (χ0n) is 10.8. The Morgan fingerprint density at radius 3 is 2.74 bits per heavy atom. The Morgan fingerprint density at radius 1 is 1.32 bits per heavy atom. The lowest BCUT2D eigenvalue weighted by molar-refractivity contribution is 0.420. The Kier molecular flexibility index (Phi) is 5.34. The molecule has 2 rings (SSSR count). The van der Waals surface area contributed by atoms with Crippen LogP contribution in [-0.2, 0) is 10.0 Å². The molecule has 1 N–H and O–H groups in total. The van der Waals surface area contributed by atoms with Gasteiger partial charge in [0.25, 0.3) is 0 Å². The van der Waals surface area contributed by atoms with Crippen LogP contribution in [0.2, 0.25) is 0 Å². The highest BCUT2D eigenvalue weighted by atomic mass is 79.9. The van der Waals surface area contributed by atoms with Crippen LogP contribution in [0.1, 0.15) is 25.7 Å². The van der Waals surface area contributed by atoms with E-state index in [1.165, 1.54) is 6.42 Å². The largest absolute Gasteiger partial charge is 0.241 e. The molecule has 1 aromatic carbocycles. The summed E-state index contributed by atoms with van der Waals surface area (Å²) in [6, 6.07) is 6.99. The van der Waals surface area contributed by atoms with E-state index in [9.17, 15) is 8.42 Å². The van der Waals surface area contributed by atoms with Crippen LogP contribution >= 0.6 is 27.7 Å². The number of nitrogens with one attached hydrogen (secondary N) is 1. The molecular formula is C13H18BrNO2S2. The SMILES string of the molecule is CSC1CCCC(NS(=O)(=O)c2ccccc2Br)C1. The summed E-state index contributed by atoms with van der Waals surface area (Å²) in [6.07, 6.45) is 6.23. The monoisotopic (exact) mass is 363 g/mol. The van der Waals surface area contributed by atoms with E-state index in [1.807, 2.05) is 17.8 Å². The molecule has 0 heterocycles. The van der Waals surface area contributed by atoms with Gasteiger partial charge >= 0.3 is 0 Å². The van der Waals surface area contributed by atoms with Gasteiger partial charge in [-0.15, -0.1) is 0 Å². The second-order valence-electron chi connectivity index (χ2n) is 4.77. The molecule has 2 unspecified atom stereocenters. The van der Waals surface area contributed by atoms with Crippen molar-refractivity contribution in [1.82, 2.24) is 4.72 Å². The summed E-state index contributed by atoms with van der Waals surface area (Å²) < 4.78 is 28.2. The lowest BCUT2D eigenvalue weighted by atomic mass is 9.96. The molecule has 106 valence electrons. The van der Waals surface area contributed by atoms with Crippen molar-refractivity contribution in [2.45, 2.75) is 41.9 Å². The van der Waals surface area contributed by atoms with Gasteiger partial charge in [0, 0.05) is 15.8 Å². The Bertz CT molecular complexity index is 533. The lowest BCUT2D eigenvalue weighted by Gasteiger charge is -2.28. The van der Waals surface area contributed by atoms with E-state index in [2.05, 4.69) is 26.9 Å². The van der Waals surface area contributed by atoms with Gasteiger partial charge in [-0.25, -0.2) is 13.1 Å². The number of hydrogen-bond donors (Lipinski definition) is 1. The number of hydrogen-bond acceptors (Lipinski definition) is 3. The molecule has 6 heteroatoms. The number of rotatable bonds is 4. The smallest absolute Gasteiger partial charge is 0.208 e. The molecule has 1 fully saturated rings. The van der Waals surface area contributed by atoms with E-state index in [0.29, 0.717) is 14.6 Å². The van der Waals surface area contributed by atoms with Crippen LogP contribution in [0, 0.1) is 0 Å². The van der Waals surface area contributed by atoms with E-state index >= 15 is 0 Å². The highest BCUT2D eigenvalue weighted by molar-refractivity contribution is 9.10. The van der Waals surface area contributed by atoms with Crippen LogP contribution in [-0.4, -0.2) is 26.0 Å². The van der Waals surface area contributed by atoms with Crippen LogP contribution in [0.5, 0.6) is 0 Å². The van der Waals surface area contributed by atoms with Crippen molar-refractivity contribution < 1.29 is 8.42 Å². The maximum Gasteiger partial charge on any atom is 0.241 e. The zero-order valence-corrected chi connectivity index (χ0v) is 14.0. The summed E-state index contributed by atoms with van der Waals surface area (Å²) in [5.74, 6) is 0. The molecule has 0 spiro atoms. The van der Waals surface area contributed by atoms with E-state index in [0.717, 1.165) is 19.3 Å². The average Bonchev–Trinajstić information content (AvgIpc) is 2.38. The summed E-state index contributed by atoms with van der Waals surface area (Å²) in [5, 5.41) is 0.570.